The topological polar surface area (TPSA) is 62.0 Å². The lowest BCUT2D eigenvalue weighted by Crippen LogP contribution is -2.19. The lowest BCUT2D eigenvalue weighted by Gasteiger charge is -2.13. The van der Waals surface area contributed by atoms with Gasteiger partial charge in [0.05, 0.1) is 11.2 Å². The van der Waals surface area contributed by atoms with Crippen molar-refractivity contribution in [1.29, 1.82) is 0 Å². The van der Waals surface area contributed by atoms with Crippen molar-refractivity contribution in [3.63, 3.8) is 0 Å². The monoisotopic (exact) mass is 292 g/mol. The molecule has 2 aromatic carbocycles. The van der Waals surface area contributed by atoms with Gasteiger partial charge in [0.2, 0.25) is 0 Å². The van der Waals surface area contributed by atoms with E-state index in [0.29, 0.717) is 17.7 Å². The Morgan fingerprint density at radius 2 is 1.73 bits per heavy atom. The molecule has 0 spiro atoms. The van der Waals surface area contributed by atoms with Gasteiger partial charge in [0.25, 0.3) is 5.56 Å². The second kappa shape index (κ2) is 5.85. The highest BCUT2D eigenvalue weighted by atomic mass is 16.1. The molecule has 0 unspecified atom stereocenters. The number of Topliss-reactive ketones (excluding diaryl/α,β-unsaturated/α-hetero) is 1. The highest BCUT2D eigenvalue weighted by molar-refractivity contribution is 6.06. The Balaban J connectivity index is 2.11. The summed E-state index contributed by atoms with van der Waals surface area (Å²) in [6.07, 6.45) is 0. The average Bonchev–Trinajstić information content (AvgIpc) is 2.52. The van der Waals surface area contributed by atoms with Crippen molar-refractivity contribution in [3.05, 3.63) is 76.1 Å². The van der Waals surface area contributed by atoms with E-state index in [2.05, 4.69) is 10.3 Å². The molecule has 2 N–H and O–H groups in total. The fourth-order valence-corrected chi connectivity index (χ4v) is 2.55. The number of pyridine rings is 1. The summed E-state index contributed by atoms with van der Waals surface area (Å²) in [5.41, 5.74) is 2.21. The number of ketones is 1. The van der Waals surface area contributed by atoms with E-state index >= 15 is 0 Å². The van der Waals surface area contributed by atoms with Crippen LogP contribution in [0.1, 0.15) is 22.8 Å². The maximum Gasteiger partial charge on any atom is 0.261 e. The molecular weight excluding hydrogens is 276 g/mol. The molecule has 110 valence electrons. The minimum absolute atomic E-state index is 0.176. The number of hydrogen-bond acceptors (Lipinski definition) is 3. The molecule has 4 heteroatoms. The zero-order valence-electron chi connectivity index (χ0n) is 12.2. The summed E-state index contributed by atoms with van der Waals surface area (Å²) < 4.78 is 0. The number of anilines is 1. The molecule has 0 aliphatic rings. The number of carbonyl (C=O) groups excluding carboxylic acids is 1. The summed E-state index contributed by atoms with van der Waals surface area (Å²) >= 11 is 0. The SMILES string of the molecule is CC(=O)c1c(NCc2ccccc2)c2ccccc2[nH]c1=O. The zero-order chi connectivity index (χ0) is 15.5. The van der Waals surface area contributed by atoms with Gasteiger partial charge in [-0.15, -0.1) is 0 Å². The Morgan fingerprint density at radius 1 is 1.05 bits per heavy atom. The summed E-state index contributed by atoms with van der Waals surface area (Å²) in [4.78, 5) is 26.8. The first-order chi connectivity index (χ1) is 10.7. The Hall–Kier alpha value is -2.88. The van der Waals surface area contributed by atoms with Crippen LogP contribution in [0, 0.1) is 0 Å². The third-order valence-electron chi connectivity index (χ3n) is 3.59. The molecule has 0 radical (unpaired) electrons. The summed E-state index contributed by atoms with van der Waals surface area (Å²) in [7, 11) is 0. The third kappa shape index (κ3) is 2.63. The van der Waals surface area contributed by atoms with Gasteiger partial charge in [0, 0.05) is 11.9 Å². The molecule has 1 aromatic heterocycles. The van der Waals surface area contributed by atoms with E-state index < -0.39 is 0 Å². The lowest BCUT2D eigenvalue weighted by atomic mass is 10.1. The van der Waals surface area contributed by atoms with E-state index in [4.69, 9.17) is 0 Å². The molecule has 0 aliphatic heterocycles. The van der Waals surface area contributed by atoms with Gasteiger partial charge >= 0.3 is 0 Å². The highest BCUT2D eigenvalue weighted by Crippen LogP contribution is 2.24. The van der Waals surface area contributed by atoms with Crippen molar-refractivity contribution in [2.75, 3.05) is 5.32 Å². The summed E-state index contributed by atoms with van der Waals surface area (Å²) in [6, 6.07) is 17.3. The number of hydrogen-bond donors (Lipinski definition) is 2. The average molecular weight is 292 g/mol. The smallest absolute Gasteiger partial charge is 0.261 e. The maximum absolute atomic E-state index is 12.2. The number of aromatic nitrogens is 1. The lowest BCUT2D eigenvalue weighted by molar-refractivity contribution is 0.101. The number of rotatable bonds is 4. The first-order valence-electron chi connectivity index (χ1n) is 7.10. The standard InChI is InChI=1S/C18H16N2O2/c1-12(21)16-17(19-11-13-7-3-2-4-8-13)14-9-5-6-10-15(14)20-18(16)22/h2-10H,11H2,1H3,(H2,19,20,22). The third-order valence-corrected chi connectivity index (χ3v) is 3.59. The van der Waals surface area contributed by atoms with Crippen molar-refractivity contribution < 1.29 is 4.79 Å². The summed E-state index contributed by atoms with van der Waals surface area (Å²) in [5.74, 6) is -0.248. The highest BCUT2D eigenvalue weighted by Gasteiger charge is 2.15. The fourth-order valence-electron chi connectivity index (χ4n) is 2.55. The minimum Gasteiger partial charge on any atom is -0.380 e. The van der Waals surface area contributed by atoms with Crippen molar-refractivity contribution in [2.24, 2.45) is 0 Å². The van der Waals surface area contributed by atoms with E-state index in [9.17, 15) is 9.59 Å². The van der Waals surface area contributed by atoms with Crippen LogP contribution in [0.3, 0.4) is 0 Å². The predicted octanol–water partition coefficient (Wildman–Crippen LogP) is 3.34. The molecule has 3 aromatic rings. The van der Waals surface area contributed by atoms with Crippen molar-refractivity contribution in [2.45, 2.75) is 13.5 Å². The Bertz CT molecular complexity index is 882. The van der Waals surface area contributed by atoms with Crippen LogP contribution in [0.15, 0.2) is 59.4 Å². The Kier molecular flexibility index (Phi) is 3.74. The van der Waals surface area contributed by atoms with Crippen LogP contribution < -0.4 is 10.9 Å². The largest absolute Gasteiger partial charge is 0.380 e. The van der Waals surface area contributed by atoms with Crippen LogP contribution in [0.4, 0.5) is 5.69 Å². The number of para-hydroxylation sites is 1. The van der Waals surface area contributed by atoms with Crippen molar-refractivity contribution in [3.8, 4) is 0 Å². The minimum atomic E-state index is -0.359. The normalized spacial score (nSPS) is 10.6. The van der Waals surface area contributed by atoms with E-state index in [0.717, 1.165) is 10.9 Å². The number of fused-ring (bicyclic) bond motifs is 1. The molecule has 0 fully saturated rings. The molecule has 0 atom stereocenters. The molecule has 4 nitrogen and oxygen atoms in total. The van der Waals surface area contributed by atoms with Crippen molar-refractivity contribution in [1.82, 2.24) is 4.98 Å². The second-order valence-corrected chi connectivity index (χ2v) is 5.15. The van der Waals surface area contributed by atoms with E-state index in [1.165, 1.54) is 6.92 Å². The molecule has 22 heavy (non-hydrogen) atoms. The van der Waals surface area contributed by atoms with Crippen LogP contribution >= 0.6 is 0 Å². The van der Waals surface area contributed by atoms with E-state index in [1.807, 2.05) is 54.6 Å². The van der Waals surface area contributed by atoms with Gasteiger partial charge in [-0.3, -0.25) is 9.59 Å². The first kappa shape index (κ1) is 14.1. The Morgan fingerprint density at radius 3 is 2.45 bits per heavy atom. The van der Waals surface area contributed by atoms with Crippen molar-refractivity contribution >= 4 is 22.4 Å². The second-order valence-electron chi connectivity index (χ2n) is 5.15. The Labute approximate surface area is 127 Å². The number of H-pyrrole nitrogens is 1. The first-order valence-corrected chi connectivity index (χ1v) is 7.10. The van der Waals surface area contributed by atoms with Gasteiger partial charge in [-0.1, -0.05) is 48.5 Å². The van der Waals surface area contributed by atoms with Crippen LogP contribution in [-0.4, -0.2) is 10.8 Å². The molecule has 0 amide bonds. The quantitative estimate of drug-likeness (QED) is 0.725. The van der Waals surface area contributed by atoms with Crippen LogP contribution in [-0.2, 0) is 6.54 Å². The number of nitrogens with one attached hydrogen (secondary N) is 2. The van der Waals surface area contributed by atoms with Crippen LogP contribution in [0.25, 0.3) is 10.9 Å². The van der Waals surface area contributed by atoms with Gasteiger partial charge in [0.15, 0.2) is 5.78 Å². The molecule has 0 bridgehead atoms. The molecule has 3 rings (SSSR count). The summed E-state index contributed by atoms with van der Waals surface area (Å²) in [5, 5.41) is 4.09. The van der Waals surface area contributed by atoms with Crippen LogP contribution in [0.5, 0.6) is 0 Å². The van der Waals surface area contributed by atoms with Gasteiger partial charge in [0.1, 0.15) is 5.56 Å². The number of carbonyl (C=O) groups is 1. The number of aromatic amines is 1. The van der Waals surface area contributed by atoms with E-state index in [1.54, 1.807) is 0 Å². The van der Waals surface area contributed by atoms with Gasteiger partial charge in [-0.25, -0.2) is 0 Å². The predicted molar refractivity (Wildman–Crippen MR) is 88.3 cm³/mol. The fraction of sp³-hybridized carbons (Fsp3) is 0.111. The number of benzene rings is 2. The molecule has 0 aliphatic carbocycles. The van der Waals surface area contributed by atoms with Gasteiger partial charge < -0.3 is 10.3 Å². The summed E-state index contributed by atoms with van der Waals surface area (Å²) in [6.45, 7) is 1.96. The molecular formula is C18H16N2O2. The van der Waals surface area contributed by atoms with E-state index in [-0.39, 0.29) is 16.9 Å². The molecule has 0 saturated heterocycles. The van der Waals surface area contributed by atoms with Gasteiger partial charge in [-0.05, 0) is 18.6 Å². The zero-order valence-corrected chi connectivity index (χ0v) is 12.2. The molecule has 1 heterocycles. The van der Waals surface area contributed by atoms with Gasteiger partial charge in [-0.2, -0.15) is 0 Å². The maximum atomic E-state index is 12.2. The molecule has 0 saturated carbocycles. The van der Waals surface area contributed by atoms with Crippen LogP contribution in [0.2, 0.25) is 0 Å².